The summed E-state index contributed by atoms with van der Waals surface area (Å²) < 4.78 is 1.65. The zero-order chi connectivity index (χ0) is 10.8. The van der Waals surface area contributed by atoms with Gasteiger partial charge in [-0.25, -0.2) is 0 Å². The molecule has 0 bridgehead atoms. The summed E-state index contributed by atoms with van der Waals surface area (Å²) in [6, 6.07) is 9.00. The van der Waals surface area contributed by atoms with E-state index >= 15 is 0 Å². The number of aliphatic hydroxyl groups excluding tert-OH is 1. The first kappa shape index (κ1) is 9.73. The van der Waals surface area contributed by atoms with Gasteiger partial charge in [0.25, 0.3) is 0 Å². The third-order valence-corrected chi connectivity index (χ3v) is 2.37. The van der Waals surface area contributed by atoms with Crippen molar-refractivity contribution in [3.63, 3.8) is 0 Å². The predicted molar refractivity (Wildman–Crippen MR) is 58.1 cm³/mol. The van der Waals surface area contributed by atoms with E-state index in [0.29, 0.717) is 5.69 Å². The van der Waals surface area contributed by atoms with E-state index in [4.69, 9.17) is 5.73 Å². The Morgan fingerprint density at radius 1 is 1.40 bits per heavy atom. The third kappa shape index (κ3) is 1.85. The molecule has 1 unspecified atom stereocenters. The van der Waals surface area contributed by atoms with Gasteiger partial charge < -0.3 is 10.8 Å². The average molecular weight is 203 g/mol. The summed E-state index contributed by atoms with van der Waals surface area (Å²) >= 11 is 0. The van der Waals surface area contributed by atoms with Gasteiger partial charge in [-0.05, 0) is 23.8 Å². The van der Waals surface area contributed by atoms with E-state index in [2.05, 4.69) is 5.10 Å². The van der Waals surface area contributed by atoms with Crippen LogP contribution in [-0.2, 0) is 7.05 Å². The molecule has 1 aromatic heterocycles. The van der Waals surface area contributed by atoms with Gasteiger partial charge in [0, 0.05) is 18.9 Å². The van der Waals surface area contributed by atoms with Crippen LogP contribution in [-0.4, -0.2) is 14.9 Å². The van der Waals surface area contributed by atoms with Crippen LogP contribution >= 0.6 is 0 Å². The van der Waals surface area contributed by atoms with Crippen LogP contribution in [0.1, 0.15) is 17.4 Å². The van der Waals surface area contributed by atoms with Gasteiger partial charge >= 0.3 is 0 Å². The zero-order valence-corrected chi connectivity index (χ0v) is 8.46. The summed E-state index contributed by atoms with van der Waals surface area (Å²) in [6.07, 6.45) is 0.978. The normalized spacial score (nSPS) is 12.7. The lowest BCUT2D eigenvalue weighted by molar-refractivity contribution is 0.210. The van der Waals surface area contributed by atoms with Crippen molar-refractivity contribution >= 4 is 5.69 Å². The highest BCUT2D eigenvalue weighted by molar-refractivity contribution is 5.42. The molecule has 0 spiro atoms. The van der Waals surface area contributed by atoms with E-state index in [1.165, 1.54) is 0 Å². The Labute approximate surface area is 88.0 Å². The summed E-state index contributed by atoms with van der Waals surface area (Å²) in [7, 11) is 1.80. The minimum absolute atomic E-state index is 0.647. The number of nitrogen functional groups attached to an aromatic ring is 1. The fourth-order valence-electron chi connectivity index (χ4n) is 1.55. The highest BCUT2D eigenvalue weighted by Gasteiger charge is 2.13. The molecule has 78 valence electrons. The molecule has 0 radical (unpaired) electrons. The molecule has 0 saturated carbocycles. The van der Waals surface area contributed by atoms with Crippen LogP contribution in [0.4, 0.5) is 5.69 Å². The SMILES string of the molecule is Cn1nccc1C(O)c1cccc(N)c1. The second-order valence-corrected chi connectivity index (χ2v) is 3.45. The second-order valence-electron chi connectivity index (χ2n) is 3.45. The first-order valence-electron chi connectivity index (χ1n) is 4.70. The van der Waals surface area contributed by atoms with Gasteiger partial charge in [0.1, 0.15) is 6.10 Å². The topological polar surface area (TPSA) is 64.1 Å². The van der Waals surface area contributed by atoms with E-state index in [0.717, 1.165) is 11.3 Å². The number of nitrogens with two attached hydrogens (primary N) is 1. The second kappa shape index (κ2) is 3.74. The molecule has 0 fully saturated rings. The number of hydrogen-bond donors (Lipinski definition) is 2. The molecule has 0 aliphatic carbocycles. The first-order valence-corrected chi connectivity index (χ1v) is 4.70. The van der Waals surface area contributed by atoms with Gasteiger partial charge in [0.05, 0.1) is 5.69 Å². The van der Waals surface area contributed by atoms with Gasteiger partial charge in [-0.2, -0.15) is 5.10 Å². The third-order valence-electron chi connectivity index (χ3n) is 2.37. The fraction of sp³-hybridized carbons (Fsp3) is 0.182. The number of nitrogens with zero attached hydrogens (tertiary/aromatic N) is 2. The highest BCUT2D eigenvalue weighted by atomic mass is 16.3. The molecule has 1 heterocycles. The van der Waals surface area contributed by atoms with E-state index in [1.54, 1.807) is 36.1 Å². The maximum absolute atomic E-state index is 10.1. The van der Waals surface area contributed by atoms with Crippen LogP contribution in [0.15, 0.2) is 36.5 Å². The molecule has 3 N–H and O–H groups in total. The van der Waals surface area contributed by atoms with Crippen molar-refractivity contribution in [1.82, 2.24) is 9.78 Å². The van der Waals surface area contributed by atoms with Crippen LogP contribution in [0.2, 0.25) is 0 Å². The van der Waals surface area contributed by atoms with Crippen molar-refractivity contribution in [1.29, 1.82) is 0 Å². The van der Waals surface area contributed by atoms with Crippen LogP contribution < -0.4 is 5.73 Å². The number of anilines is 1. The molecule has 4 nitrogen and oxygen atoms in total. The van der Waals surface area contributed by atoms with E-state index in [-0.39, 0.29) is 0 Å². The maximum atomic E-state index is 10.1. The Hall–Kier alpha value is -1.81. The molecule has 1 aromatic carbocycles. The molecule has 15 heavy (non-hydrogen) atoms. The van der Waals surface area contributed by atoms with Crippen molar-refractivity contribution in [2.75, 3.05) is 5.73 Å². The van der Waals surface area contributed by atoms with Gasteiger partial charge in [-0.1, -0.05) is 12.1 Å². The fourth-order valence-corrected chi connectivity index (χ4v) is 1.55. The van der Waals surface area contributed by atoms with Gasteiger partial charge in [-0.3, -0.25) is 4.68 Å². The molecule has 0 saturated heterocycles. The summed E-state index contributed by atoms with van der Waals surface area (Å²) in [5.74, 6) is 0. The predicted octanol–water partition coefficient (Wildman–Crippen LogP) is 1.08. The number of aromatic nitrogens is 2. The summed E-state index contributed by atoms with van der Waals surface area (Å²) in [6.45, 7) is 0. The van der Waals surface area contributed by atoms with Crippen LogP contribution in [0, 0.1) is 0 Å². The lowest BCUT2D eigenvalue weighted by Gasteiger charge is -2.11. The number of aliphatic hydroxyl groups is 1. The van der Waals surface area contributed by atoms with Gasteiger partial charge in [-0.15, -0.1) is 0 Å². The van der Waals surface area contributed by atoms with Gasteiger partial charge in [0.2, 0.25) is 0 Å². The Morgan fingerprint density at radius 3 is 2.80 bits per heavy atom. The minimum atomic E-state index is -0.680. The van der Waals surface area contributed by atoms with E-state index in [9.17, 15) is 5.11 Å². The molecule has 4 heteroatoms. The summed E-state index contributed by atoms with van der Waals surface area (Å²) in [4.78, 5) is 0. The number of aryl methyl sites for hydroxylation is 1. The molecule has 0 aliphatic rings. The molecular formula is C11H13N3O. The lowest BCUT2D eigenvalue weighted by Crippen LogP contribution is -2.06. The summed E-state index contributed by atoms with van der Waals surface area (Å²) in [5, 5.41) is 14.1. The number of rotatable bonds is 2. The Balaban J connectivity index is 2.36. The molecule has 2 aromatic rings. The molecular weight excluding hydrogens is 190 g/mol. The Morgan fingerprint density at radius 2 is 2.20 bits per heavy atom. The average Bonchev–Trinajstić information content (AvgIpc) is 2.63. The summed E-state index contributed by atoms with van der Waals surface area (Å²) in [5.41, 5.74) is 7.83. The number of hydrogen-bond acceptors (Lipinski definition) is 3. The van der Waals surface area contributed by atoms with Crippen LogP contribution in [0.25, 0.3) is 0 Å². The maximum Gasteiger partial charge on any atom is 0.121 e. The lowest BCUT2D eigenvalue weighted by atomic mass is 10.1. The monoisotopic (exact) mass is 203 g/mol. The zero-order valence-electron chi connectivity index (χ0n) is 8.46. The van der Waals surface area contributed by atoms with E-state index < -0.39 is 6.10 Å². The van der Waals surface area contributed by atoms with Crippen molar-refractivity contribution in [3.05, 3.63) is 47.8 Å². The molecule has 2 rings (SSSR count). The molecule has 0 amide bonds. The largest absolute Gasteiger partial charge is 0.399 e. The quantitative estimate of drug-likeness (QED) is 0.718. The first-order chi connectivity index (χ1) is 7.18. The smallest absolute Gasteiger partial charge is 0.121 e. The van der Waals surface area contributed by atoms with Crippen LogP contribution in [0.5, 0.6) is 0 Å². The number of benzene rings is 1. The Bertz CT molecular complexity index is 464. The van der Waals surface area contributed by atoms with Crippen molar-refractivity contribution in [3.8, 4) is 0 Å². The highest BCUT2D eigenvalue weighted by Crippen LogP contribution is 2.22. The van der Waals surface area contributed by atoms with Crippen LogP contribution in [0.3, 0.4) is 0 Å². The van der Waals surface area contributed by atoms with E-state index in [1.807, 2.05) is 12.1 Å². The standard InChI is InChI=1S/C11H13N3O/c1-14-10(5-6-13-14)11(15)8-3-2-4-9(12)7-8/h2-7,11,15H,12H2,1H3. The Kier molecular flexibility index (Phi) is 2.43. The van der Waals surface area contributed by atoms with Gasteiger partial charge in [0.15, 0.2) is 0 Å². The minimum Gasteiger partial charge on any atom is -0.399 e. The molecule has 1 atom stereocenters. The van der Waals surface area contributed by atoms with Crippen molar-refractivity contribution in [2.45, 2.75) is 6.10 Å². The van der Waals surface area contributed by atoms with Crippen molar-refractivity contribution < 1.29 is 5.11 Å². The van der Waals surface area contributed by atoms with Crippen molar-refractivity contribution in [2.24, 2.45) is 7.05 Å². The molecule has 0 aliphatic heterocycles.